The van der Waals surface area contributed by atoms with Crippen LogP contribution in [0.15, 0.2) is 48.5 Å². The lowest BCUT2D eigenvalue weighted by Crippen LogP contribution is -2.09. The van der Waals surface area contributed by atoms with Crippen LogP contribution in [0.5, 0.6) is 5.75 Å². The topological polar surface area (TPSA) is 26.3 Å². The molecular formula is C16H15ClO2. The van der Waals surface area contributed by atoms with E-state index in [-0.39, 0.29) is 5.97 Å². The molecule has 2 aromatic carbocycles. The van der Waals surface area contributed by atoms with Gasteiger partial charge in [0.2, 0.25) is 0 Å². The molecule has 0 fully saturated rings. The van der Waals surface area contributed by atoms with Crippen LogP contribution in [-0.2, 0) is 11.2 Å². The van der Waals surface area contributed by atoms with Crippen molar-refractivity contribution in [3.8, 4) is 5.75 Å². The van der Waals surface area contributed by atoms with E-state index in [4.69, 9.17) is 16.3 Å². The molecule has 2 nitrogen and oxygen atoms in total. The highest BCUT2D eigenvalue weighted by Crippen LogP contribution is 2.22. The highest BCUT2D eigenvalue weighted by molar-refractivity contribution is 6.30. The molecule has 0 N–H and O–H groups in total. The van der Waals surface area contributed by atoms with Gasteiger partial charge in [0.05, 0.1) is 0 Å². The van der Waals surface area contributed by atoms with E-state index in [2.05, 4.69) is 0 Å². The molecule has 0 heterocycles. The van der Waals surface area contributed by atoms with Gasteiger partial charge in [-0.25, -0.2) is 0 Å². The third-order valence-corrected chi connectivity index (χ3v) is 3.06. The minimum Gasteiger partial charge on any atom is -0.426 e. The van der Waals surface area contributed by atoms with Gasteiger partial charge >= 0.3 is 5.97 Å². The van der Waals surface area contributed by atoms with Crippen molar-refractivity contribution in [2.24, 2.45) is 0 Å². The van der Waals surface area contributed by atoms with Crippen molar-refractivity contribution < 1.29 is 9.53 Å². The number of halogens is 1. The largest absolute Gasteiger partial charge is 0.426 e. The molecule has 0 aliphatic heterocycles. The first-order valence-corrected chi connectivity index (χ1v) is 6.54. The number of hydrogen-bond acceptors (Lipinski definition) is 2. The Kier molecular flexibility index (Phi) is 4.58. The maximum absolute atomic E-state index is 11.8. The molecule has 2 rings (SSSR count). The first-order valence-electron chi connectivity index (χ1n) is 6.16. The molecule has 19 heavy (non-hydrogen) atoms. The molecule has 0 aliphatic rings. The number of benzene rings is 2. The summed E-state index contributed by atoms with van der Waals surface area (Å²) >= 11 is 5.85. The van der Waals surface area contributed by atoms with Gasteiger partial charge < -0.3 is 4.74 Å². The smallest absolute Gasteiger partial charge is 0.311 e. The average Bonchev–Trinajstić information content (AvgIpc) is 2.41. The van der Waals surface area contributed by atoms with Gasteiger partial charge in [0, 0.05) is 11.4 Å². The molecule has 0 unspecified atom stereocenters. The number of rotatable bonds is 4. The monoisotopic (exact) mass is 274 g/mol. The predicted octanol–water partition coefficient (Wildman–Crippen LogP) is 4.19. The summed E-state index contributed by atoms with van der Waals surface area (Å²) in [6, 6.07) is 15.1. The summed E-state index contributed by atoms with van der Waals surface area (Å²) in [5, 5.41) is 0.640. The second-order valence-electron chi connectivity index (χ2n) is 4.37. The van der Waals surface area contributed by atoms with Crippen LogP contribution < -0.4 is 4.74 Å². The highest BCUT2D eigenvalue weighted by atomic mass is 35.5. The molecule has 0 saturated carbocycles. The standard InChI is InChI=1S/C16H15ClO2/c1-12-11-14(17)8-9-15(12)19-16(18)10-7-13-5-3-2-4-6-13/h2-6,8-9,11H,7,10H2,1H3. The fraction of sp³-hybridized carbons (Fsp3) is 0.188. The molecule has 0 amide bonds. The van der Waals surface area contributed by atoms with Crippen LogP contribution in [0, 0.1) is 6.92 Å². The molecule has 0 spiro atoms. The Morgan fingerprint density at radius 1 is 1.16 bits per heavy atom. The minimum absolute atomic E-state index is 0.228. The normalized spacial score (nSPS) is 10.2. The molecule has 0 aliphatic carbocycles. The zero-order valence-corrected chi connectivity index (χ0v) is 11.5. The molecule has 3 heteroatoms. The Hall–Kier alpha value is -1.80. The molecule has 98 valence electrons. The Morgan fingerprint density at radius 3 is 2.58 bits per heavy atom. The van der Waals surface area contributed by atoms with Gasteiger partial charge in [0.25, 0.3) is 0 Å². The van der Waals surface area contributed by atoms with Crippen molar-refractivity contribution in [3.05, 3.63) is 64.7 Å². The molecule has 0 bridgehead atoms. The number of hydrogen-bond donors (Lipinski definition) is 0. The summed E-state index contributed by atoms with van der Waals surface area (Å²) in [4.78, 5) is 11.8. The zero-order chi connectivity index (χ0) is 13.7. The number of aryl methyl sites for hydroxylation is 2. The van der Waals surface area contributed by atoms with Crippen molar-refractivity contribution in [2.75, 3.05) is 0 Å². The van der Waals surface area contributed by atoms with Gasteiger partial charge in [0.15, 0.2) is 0 Å². The Morgan fingerprint density at radius 2 is 1.89 bits per heavy atom. The first kappa shape index (κ1) is 13.6. The Balaban J connectivity index is 1.91. The van der Waals surface area contributed by atoms with Gasteiger partial charge in [-0.1, -0.05) is 41.9 Å². The van der Waals surface area contributed by atoms with Gasteiger partial charge in [0.1, 0.15) is 5.75 Å². The summed E-state index contributed by atoms with van der Waals surface area (Å²) in [5.41, 5.74) is 1.99. The second-order valence-corrected chi connectivity index (χ2v) is 4.81. The Labute approximate surface area is 118 Å². The summed E-state index contributed by atoms with van der Waals surface area (Å²) in [6.45, 7) is 1.87. The van der Waals surface area contributed by atoms with E-state index in [1.54, 1.807) is 18.2 Å². The highest BCUT2D eigenvalue weighted by Gasteiger charge is 2.07. The third-order valence-electron chi connectivity index (χ3n) is 2.82. The van der Waals surface area contributed by atoms with Crippen molar-refractivity contribution in [3.63, 3.8) is 0 Å². The van der Waals surface area contributed by atoms with E-state index in [1.165, 1.54) is 0 Å². The molecule has 0 radical (unpaired) electrons. The molecule has 2 aromatic rings. The lowest BCUT2D eigenvalue weighted by atomic mass is 10.1. The predicted molar refractivity (Wildman–Crippen MR) is 76.6 cm³/mol. The number of carbonyl (C=O) groups excluding carboxylic acids is 1. The van der Waals surface area contributed by atoms with Gasteiger partial charge in [-0.3, -0.25) is 4.79 Å². The van der Waals surface area contributed by atoms with Crippen LogP contribution in [0.4, 0.5) is 0 Å². The second kappa shape index (κ2) is 6.39. The SMILES string of the molecule is Cc1cc(Cl)ccc1OC(=O)CCc1ccccc1. The summed E-state index contributed by atoms with van der Waals surface area (Å²) in [5.74, 6) is 0.344. The summed E-state index contributed by atoms with van der Waals surface area (Å²) in [6.07, 6.45) is 1.05. The quantitative estimate of drug-likeness (QED) is 0.617. The maximum atomic E-state index is 11.8. The van der Waals surface area contributed by atoms with Crippen LogP contribution in [0.3, 0.4) is 0 Å². The van der Waals surface area contributed by atoms with Crippen LogP contribution in [0.2, 0.25) is 5.02 Å². The van der Waals surface area contributed by atoms with Crippen LogP contribution in [0.25, 0.3) is 0 Å². The van der Waals surface area contributed by atoms with Gasteiger partial charge in [-0.2, -0.15) is 0 Å². The maximum Gasteiger partial charge on any atom is 0.311 e. The van der Waals surface area contributed by atoms with E-state index in [0.717, 1.165) is 11.1 Å². The summed E-state index contributed by atoms with van der Waals surface area (Å²) in [7, 11) is 0. The molecular weight excluding hydrogens is 260 g/mol. The van der Waals surface area contributed by atoms with Crippen molar-refractivity contribution in [2.45, 2.75) is 19.8 Å². The van der Waals surface area contributed by atoms with Gasteiger partial charge in [-0.05, 0) is 42.7 Å². The fourth-order valence-corrected chi connectivity index (χ4v) is 2.02. The average molecular weight is 275 g/mol. The van der Waals surface area contributed by atoms with Crippen molar-refractivity contribution in [1.29, 1.82) is 0 Å². The van der Waals surface area contributed by atoms with Crippen LogP contribution in [-0.4, -0.2) is 5.97 Å². The molecule has 0 aromatic heterocycles. The minimum atomic E-state index is -0.228. The van der Waals surface area contributed by atoms with E-state index >= 15 is 0 Å². The van der Waals surface area contributed by atoms with Crippen molar-refractivity contribution in [1.82, 2.24) is 0 Å². The van der Waals surface area contributed by atoms with E-state index in [1.807, 2.05) is 37.3 Å². The molecule has 0 atom stereocenters. The van der Waals surface area contributed by atoms with Crippen molar-refractivity contribution >= 4 is 17.6 Å². The number of esters is 1. The first-order chi connectivity index (χ1) is 9.15. The van der Waals surface area contributed by atoms with E-state index in [9.17, 15) is 4.79 Å². The molecule has 0 saturated heterocycles. The van der Waals surface area contributed by atoms with E-state index < -0.39 is 0 Å². The third kappa shape index (κ3) is 4.11. The number of ether oxygens (including phenoxy) is 1. The zero-order valence-electron chi connectivity index (χ0n) is 10.7. The number of carbonyl (C=O) groups is 1. The summed E-state index contributed by atoms with van der Waals surface area (Å²) < 4.78 is 5.32. The van der Waals surface area contributed by atoms with Gasteiger partial charge in [-0.15, -0.1) is 0 Å². The van der Waals surface area contributed by atoms with E-state index in [0.29, 0.717) is 23.6 Å². The Bertz CT molecular complexity index is 564. The van der Waals surface area contributed by atoms with Crippen LogP contribution in [0.1, 0.15) is 17.5 Å². The lowest BCUT2D eigenvalue weighted by molar-refractivity contribution is -0.134. The fourth-order valence-electron chi connectivity index (χ4n) is 1.79. The van der Waals surface area contributed by atoms with Crippen LogP contribution >= 0.6 is 11.6 Å². The lowest BCUT2D eigenvalue weighted by Gasteiger charge is -2.07.